The van der Waals surface area contributed by atoms with Gasteiger partial charge in [-0.1, -0.05) is 39.4 Å². The molecule has 1 aliphatic rings. The Labute approximate surface area is 128 Å². The van der Waals surface area contributed by atoms with Crippen molar-refractivity contribution in [2.75, 3.05) is 5.01 Å². The monoisotopic (exact) mass is 347 g/mol. The van der Waals surface area contributed by atoms with Crippen LogP contribution in [0.2, 0.25) is 0 Å². The fourth-order valence-electron chi connectivity index (χ4n) is 2.05. The first kappa shape index (κ1) is 13.5. The second-order valence-corrected chi connectivity index (χ2v) is 5.21. The molecule has 0 saturated carbocycles. The highest BCUT2D eigenvalue weighted by Crippen LogP contribution is 2.34. The molecule has 1 atom stereocenters. The van der Waals surface area contributed by atoms with E-state index < -0.39 is 4.92 Å². The SMILES string of the molecule is O=[N+]([O-])c1ccc(N2NN=NC2c2ccccc2Br)cc1. The molecule has 2 aromatic rings. The second kappa shape index (κ2) is 5.49. The molecule has 0 saturated heterocycles. The van der Waals surface area contributed by atoms with Crippen molar-refractivity contribution in [3.05, 3.63) is 68.7 Å². The summed E-state index contributed by atoms with van der Waals surface area (Å²) in [5.74, 6) is 0. The molecule has 1 N–H and O–H groups in total. The van der Waals surface area contributed by atoms with E-state index in [4.69, 9.17) is 0 Å². The molecule has 0 aromatic heterocycles. The summed E-state index contributed by atoms with van der Waals surface area (Å²) in [4.78, 5) is 10.3. The van der Waals surface area contributed by atoms with Crippen molar-refractivity contribution < 1.29 is 4.92 Å². The maximum atomic E-state index is 10.7. The number of nitrogens with zero attached hydrogens (tertiary/aromatic N) is 4. The van der Waals surface area contributed by atoms with Crippen LogP contribution < -0.4 is 10.5 Å². The van der Waals surface area contributed by atoms with Crippen molar-refractivity contribution >= 4 is 27.3 Å². The van der Waals surface area contributed by atoms with Crippen molar-refractivity contribution in [2.45, 2.75) is 6.17 Å². The van der Waals surface area contributed by atoms with Crippen molar-refractivity contribution in [1.29, 1.82) is 0 Å². The third-order valence-corrected chi connectivity index (χ3v) is 3.81. The van der Waals surface area contributed by atoms with E-state index in [1.807, 2.05) is 24.3 Å². The molecule has 0 aliphatic carbocycles. The highest BCUT2D eigenvalue weighted by molar-refractivity contribution is 9.10. The number of non-ortho nitro benzene ring substituents is 1. The number of rotatable bonds is 3. The average molecular weight is 348 g/mol. The van der Waals surface area contributed by atoms with E-state index >= 15 is 0 Å². The van der Waals surface area contributed by atoms with Crippen LogP contribution in [0.4, 0.5) is 11.4 Å². The summed E-state index contributed by atoms with van der Waals surface area (Å²) in [7, 11) is 0. The molecule has 1 aliphatic heterocycles. The van der Waals surface area contributed by atoms with E-state index in [1.54, 1.807) is 17.1 Å². The largest absolute Gasteiger partial charge is 0.269 e. The molecule has 21 heavy (non-hydrogen) atoms. The summed E-state index contributed by atoms with van der Waals surface area (Å²) >= 11 is 3.49. The quantitative estimate of drug-likeness (QED) is 0.676. The van der Waals surface area contributed by atoms with Crippen molar-refractivity contribution in [3.63, 3.8) is 0 Å². The highest BCUT2D eigenvalue weighted by atomic mass is 79.9. The predicted molar refractivity (Wildman–Crippen MR) is 80.5 cm³/mol. The van der Waals surface area contributed by atoms with Gasteiger partial charge in [0.25, 0.3) is 5.69 Å². The van der Waals surface area contributed by atoms with Crippen LogP contribution in [0.1, 0.15) is 11.7 Å². The Balaban J connectivity index is 1.92. The molecule has 1 heterocycles. The molecule has 0 spiro atoms. The van der Waals surface area contributed by atoms with Crippen LogP contribution in [0.15, 0.2) is 63.3 Å². The van der Waals surface area contributed by atoms with Crippen LogP contribution in [-0.2, 0) is 0 Å². The summed E-state index contributed by atoms with van der Waals surface area (Å²) in [6.07, 6.45) is -0.331. The third kappa shape index (κ3) is 2.57. The van der Waals surface area contributed by atoms with Crippen molar-refractivity contribution in [2.24, 2.45) is 10.3 Å². The van der Waals surface area contributed by atoms with Crippen molar-refractivity contribution in [1.82, 2.24) is 5.53 Å². The normalized spacial score (nSPS) is 16.8. The lowest BCUT2D eigenvalue weighted by molar-refractivity contribution is -0.384. The van der Waals surface area contributed by atoms with Gasteiger partial charge in [0.1, 0.15) is 0 Å². The molecule has 0 radical (unpaired) electrons. The molecule has 106 valence electrons. The smallest absolute Gasteiger partial charge is 0.258 e. The number of anilines is 1. The first-order chi connectivity index (χ1) is 10.2. The summed E-state index contributed by atoms with van der Waals surface area (Å²) in [6, 6.07) is 13.9. The number of nitro benzene ring substituents is 1. The van der Waals surface area contributed by atoms with Gasteiger partial charge >= 0.3 is 0 Å². The number of nitro groups is 1. The van der Waals surface area contributed by atoms with E-state index in [9.17, 15) is 10.1 Å². The molecule has 0 fully saturated rings. The van der Waals surface area contributed by atoms with Gasteiger partial charge in [0.15, 0.2) is 6.17 Å². The second-order valence-electron chi connectivity index (χ2n) is 4.35. The van der Waals surface area contributed by atoms with Gasteiger partial charge < -0.3 is 0 Å². The highest BCUT2D eigenvalue weighted by Gasteiger charge is 2.26. The van der Waals surface area contributed by atoms with Gasteiger partial charge in [0.2, 0.25) is 0 Å². The van der Waals surface area contributed by atoms with E-state index in [1.165, 1.54) is 12.1 Å². The minimum atomic E-state index is -0.429. The standard InChI is InChI=1S/C13H10BrN5O2/c14-12-4-2-1-3-11(12)13-15-16-17-18(13)9-5-7-10(8-6-9)19(20)21/h1-8,13H,(H,15,17). The summed E-state index contributed by atoms with van der Waals surface area (Å²) < 4.78 is 0.921. The Morgan fingerprint density at radius 3 is 2.57 bits per heavy atom. The lowest BCUT2D eigenvalue weighted by atomic mass is 10.1. The van der Waals surface area contributed by atoms with Gasteiger partial charge in [0.05, 0.1) is 10.6 Å². The van der Waals surface area contributed by atoms with Crippen LogP contribution in [-0.4, -0.2) is 4.92 Å². The Morgan fingerprint density at radius 2 is 1.90 bits per heavy atom. The molecular formula is C13H10BrN5O2. The average Bonchev–Trinajstić information content (AvgIpc) is 2.97. The summed E-state index contributed by atoms with van der Waals surface area (Å²) in [6.45, 7) is 0. The molecule has 8 heteroatoms. The van der Waals surface area contributed by atoms with Gasteiger partial charge in [-0.2, -0.15) is 5.53 Å². The lowest BCUT2D eigenvalue weighted by Crippen LogP contribution is -2.32. The Morgan fingerprint density at radius 1 is 1.19 bits per heavy atom. The third-order valence-electron chi connectivity index (χ3n) is 3.09. The molecule has 1 unspecified atom stereocenters. The number of hydrogen-bond donors (Lipinski definition) is 1. The van der Waals surface area contributed by atoms with Crippen LogP contribution in [0.5, 0.6) is 0 Å². The topological polar surface area (TPSA) is 83.1 Å². The number of nitrogens with one attached hydrogen (secondary N) is 1. The number of halogens is 1. The molecule has 0 amide bonds. The number of hydrogen-bond acceptors (Lipinski definition) is 6. The summed E-state index contributed by atoms with van der Waals surface area (Å²) in [5, 5.41) is 20.4. The van der Waals surface area contributed by atoms with Gasteiger partial charge in [-0.25, -0.2) is 5.01 Å². The Hall–Kier alpha value is -2.48. The molecule has 7 nitrogen and oxygen atoms in total. The Bertz CT molecular complexity index is 704. The van der Waals surface area contributed by atoms with E-state index in [0.29, 0.717) is 0 Å². The van der Waals surface area contributed by atoms with Gasteiger partial charge in [-0.05, 0) is 18.2 Å². The fourth-order valence-corrected chi connectivity index (χ4v) is 2.54. The van der Waals surface area contributed by atoms with Gasteiger partial charge in [0, 0.05) is 22.2 Å². The zero-order chi connectivity index (χ0) is 14.8. The van der Waals surface area contributed by atoms with Crippen LogP contribution >= 0.6 is 15.9 Å². The Kier molecular flexibility index (Phi) is 3.53. The first-order valence-corrected chi connectivity index (χ1v) is 6.90. The zero-order valence-corrected chi connectivity index (χ0v) is 12.3. The van der Waals surface area contributed by atoms with Crippen LogP contribution in [0, 0.1) is 10.1 Å². The van der Waals surface area contributed by atoms with Crippen molar-refractivity contribution in [3.8, 4) is 0 Å². The minimum Gasteiger partial charge on any atom is -0.258 e. The number of benzene rings is 2. The molecule has 3 rings (SSSR count). The predicted octanol–water partition coefficient (Wildman–Crippen LogP) is 3.75. The molecular weight excluding hydrogens is 338 g/mol. The number of hydrazine groups is 1. The summed E-state index contributed by atoms with van der Waals surface area (Å²) in [5.41, 5.74) is 4.53. The maximum absolute atomic E-state index is 10.7. The molecule has 0 bridgehead atoms. The van der Waals surface area contributed by atoms with E-state index in [0.717, 1.165) is 15.7 Å². The van der Waals surface area contributed by atoms with E-state index in [-0.39, 0.29) is 11.9 Å². The van der Waals surface area contributed by atoms with Crippen LogP contribution in [0.25, 0.3) is 0 Å². The zero-order valence-electron chi connectivity index (χ0n) is 10.7. The van der Waals surface area contributed by atoms with E-state index in [2.05, 4.69) is 31.8 Å². The molecule has 2 aromatic carbocycles. The van der Waals surface area contributed by atoms with Crippen LogP contribution in [0.3, 0.4) is 0 Å². The van der Waals surface area contributed by atoms with Gasteiger partial charge in [-0.15, -0.1) is 5.11 Å². The minimum absolute atomic E-state index is 0.0456. The first-order valence-electron chi connectivity index (χ1n) is 6.10. The van der Waals surface area contributed by atoms with Gasteiger partial charge in [-0.3, -0.25) is 10.1 Å². The fraction of sp³-hybridized carbons (Fsp3) is 0.0769. The maximum Gasteiger partial charge on any atom is 0.269 e. The lowest BCUT2D eigenvalue weighted by Gasteiger charge is -2.23.